The maximum absolute atomic E-state index is 11.9. The summed E-state index contributed by atoms with van der Waals surface area (Å²) in [4.78, 5) is 35.5. The van der Waals surface area contributed by atoms with Crippen molar-refractivity contribution in [2.75, 3.05) is 13.2 Å². The van der Waals surface area contributed by atoms with Crippen LogP contribution in [0.1, 0.15) is 5.56 Å². The van der Waals surface area contributed by atoms with Crippen molar-refractivity contribution in [2.45, 2.75) is 12.6 Å². The van der Waals surface area contributed by atoms with Crippen molar-refractivity contribution in [3.8, 4) is 5.75 Å². The summed E-state index contributed by atoms with van der Waals surface area (Å²) in [5, 5.41) is 11.7. The number of primary amides is 1. The lowest BCUT2D eigenvalue weighted by atomic mass is 10.1. The smallest absolute Gasteiger partial charge is 0.410 e. The van der Waals surface area contributed by atoms with Crippen molar-refractivity contribution in [3.63, 3.8) is 0 Å². The van der Waals surface area contributed by atoms with Crippen LogP contribution in [0.5, 0.6) is 5.75 Å². The van der Waals surface area contributed by atoms with Crippen LogP contribution in [0.3, 0.4) is 0 Å². The van der Waals surface area contributed by atoms with Gasteiger partial charge in [-0.2, -0.15) is 0 Å². The first-order valence-corrected chi connectivity index (χ1v) is 6.24. The van der Waals surface area contributed by atoms with Crippen LogP contribution in [0.15, 0.2) is 24.3 Å². The lowest BCUT2D eigenvalue weighted by Gasteiger charge is -2.20. The molecular weight excluding hydrogens is 278 g/mol. The Morgan fingerprint density at radius 3 is 2.90 bits per heavy atom. The van der Waals surface area contributed by atoms with E-state index in [0.717, 1.165) is 0 Å². The van der Waals surface area contributed by atoms with Gasteiger partial charge in [-0.1, -0.05) is 12.1 Å². The predicted molar refractivity (Wildman–Crippen MR) is 71.0 cm³/mol. The third-order valence-electron chi connectivity index (χ3n) is 2.98. The standard InChI is InChI=1S/C13H15N3O5/c14-11(18)5-15-12(19)10-7-21-13(20)16(10)6-8-2-1-3-9(17)4-8/h1-4,10,17H,5-7H2,(H2,14,18)(H,15,19)/t10-/m0/s1. The van der Waals surface area contributed by atoms with Gasteiger partial charge in [-0.15, -0.1) is 0 Å². The summed E-state index contributed by atoms with van der Waals surface area (Å²) in [6, 6.07) is 5.50. The average molecular weight is 293 g/mol. The third kappa shape index (κ3) is 3.62. The number of nitrogens with two attached hydrogens (primary N) is 1. The molecule has 112 valence electrons. The van der Waals surface area contributed by atoms with Crippen LogP contribution in [-0.4, -0.2) is 47.1 Å². The Balaban J connectivity index is 2.06. The van der Waals surface area contributed by atoms with Gasteiger partial charge >= 0.3 is 6.09 Å². The van der Waals surface area contributed by atoms with E-state index < -0.39 is 23.9 Å². The van der Waals surface area contributed by atoms with Gasteiger partial charge in [0, 0.05) is 0 Å². The molecule has 4 N–H and O–H groups in total. The van der Waals surface area contributed by atoms with Gasteiger partial charge in [0.2, 0.25) is 11.8 Å². The summed E-state index contributed by atoms with van der Waals surface area (Å²) in [5.41, 5.74) is 5.60. The summed E-state index contributed by atoms with van der Waals surface area (Å²) in [5.74, 6) is -1.12. The number of ether oxygens (including phenoxy) is 1. The first-order chi connectivity index (χ1) is 9.97. The number of benzene rings is 1. The Labute approximate surface area is 120 Å². The number of amides is 3. The summed E-state index contributed by atoms with van der Waals surface area (Å²) < 4.78 is 4.86. The summed E-state index contributed by atoms with van der Waals surface area (Å²) in [6.45, 7) is -0.284. The van der Waals surface area contributed by atoms with Gasteiger partial charge in [0.25, 0.3) is 0 Å². The second-order valence-electron chi connectivity index (χ2n) is 4.57. The lowest BCUT2D eigenvalue weighted by molar-refractivity contribution is -0.127. The molecule has 8 nitrogen and oxygen atoms in total. The van der Waals surface area contributed by atoms with E-state index in [1.165, 1.54) is 17.0 Å². The fourth-order valence-electron chi connectivity index (χ4n) is 1.99. The predicted octanol–water partition coefficient (Wildman–Crippen LogP) is -0.685. The van der Waals surface area contributed by atoms with E-state index in [1.807, 2.05) is 0 Å². The van der Waals surface area contributed by atoms with Gasteiger partial charge in [0.1, 0.15) is 18.4 Å². The van der Waals surface area contributed by atoms with Crippen molar-refractivity contribution in [2.24, 2.45) is 5.73 Å². The normalized spacial score (nSPS) is 17.4. The molecule has 1 atom stereocenters. The molecule has 21 heavy (non-hydrogen) atoms. The molecule has 0 bridgehead atoms. The number of cyclic esters (lactones) is 1. The fraction of sp³-hybridized carbons (Fsp3) is 0.308. The van der Waals surface area contributed by atoms with E-state index in [0.29, 0.717) is 5.56 Å². The molecule has 2 rings (SSSR count). The third-order valence-corrected chi connectivity index (χ3v) is 2.98. The first-order valence-electron chi connectivity index (χ1n) is 6.24. The number of phenolic OH excluding ortho intramolecular Hbond substituents is 1. The van der Waals surface area contributed by atoms with Gasteiger partial charge in [-0.25, -0.2) is 4.79 Å². The highest BCUT2D eigenvalue weighted by Crippen LogP contribution is 2.19. The topological polar surface area (TPSA) is 122 Å². The van der Waals surface area contributed by atoms with Crippen LogP contribution in [0.25, 0.3) is 0 Å². The number of hydrogen-bond donors (Lipinski definition) is 3. The van der Waals surface area contributed by atoms with Crippen LogP contribution in [-0.2, 0) is 20.9 Å². The maximum atomic E-state index is 11.9. The zero-order chi connectivity index (χ0) is 15.4. The van der Waals surface area contributed by atoms with Gasteiger partial charge in [0.15, 0.2) is 0 Å². The zero-order valence-corrected chi connectivity index (χ0v) is 11.1. The highest BCUT2D eigenvalue weighted by atomic mass is 16.6. The molecule has 1 aliphatic heterocycles. The van der Waals surface area contributed by atoms with Crippen LogP contribution in [0, 0.1) is 0 Å². The zero-order valence-electron chi connectivity index (χ0n) is 11.1. The minimum Gasteiger partial charge on any atom is -0.508 e. The van der Waals surface area contributed by atoms with Crippen molar-refractivity contribution in [1.82, 2.24) is 10.2 Å². The molecule has 3 amide bonds. The van der Waals surface area contributed by atoms with Gasteiger partial charge in [-0.3, -0.25) is 14.5 Å². The molecule has 1 saturated heterocycles. The molecule has 1 heterocycles. The minimum atomic E-state index is -0.834. The molecule has 1 aliphatic rings. The van der Waals surface area contributed by atoms with Crippen molar-refractivity contribution in [3.05, 3.63) is 29.8 Å². The molecule has 0 aliphatic carbocycles. The molecule has 0 saturated carbocycles. The van der Waals surface area contributed by atoms with E-state index >= 15 is 0 Å². The number of phenols is 1. The van der Waals surface area contributed by atoms with Crippen molar-refractivity contribution >= 4 is 17.9 Å². The number of carbonyl (C=O) groups excluding carboxylic acids is 3. The SMILES string of the molecule is NC(=O)CNC(=O)[C@@H]1COC(=O)N1Cc1cccc(O)c1. The van der Waals surface area contributed by atoms with E-state index in [4.69, 9.17) is 10.5 Å². The van der Waals surface area contributed by atoms with E-state index in [-0.39, 0.29) is 25.4 Å². The molecule has 0 aromatic heterocycles. The first kappa shape index (κ1) is 14.6. The summed E-state index contributed by atoms with van der Waals surface area (Å²) in [6.07, 6.45) is -0.627. The number of hydrogen-bond acceptors (Lipinski definition) is 5. The Kier molecular flexibility index (Phi) is 4.27. The minimum absolute atomic E-state index is 0.0646. The van der Waals surface area contributed by atoms with Crippen LogP contribution < -0.4 is 11.1 Å². The molecule has 0 spiro atoms. The average Bonchev–Trinajstić information content (AvgIpc) is 2.78. The second kappa shape index (κ2) is 6.12. The van der Waals surface area contributed by atoms with Gasteiger partial charge in [-0.05, 0) is 17.7 Å². The van der Waals surface area contributed by atoms with Crippen molar-refractivity contribution in [1.29, 1.82) is 0 Å². The Morgan fingerprint density at radius 2 is 2.24 bits per heavy atom. The lowest BCUT2D eigenvalue weighted by Crippen LogP contribution is -2.47. The van der Waals surface area contributed by atoms with Crippen molar-refractivity contribution < 1.29 is 24.2 Å². The number of nitrogens with zero attached hydrogens (tertiary/aromatic N) is 1. The summed E-state index contributed by atoms with van der Waals surface area (Å²) in [7, 11) is 0. The molecule has 1 aromatic carbocycles. The highest BCUT2D eigenvalue weighted by Gasteiger charge is 2.37. The molecule has 0 radical (unpaired) electrons. The quantitative estimate of drug-likeness (QED) is 0.663. The van der Waals surface area contributed by atoms with E-state index in [9.17, 15) is 19.5 Å². The number of aromatic hydroxyl groups is 1. The Hall–Kier alpha value is -2.77. The Morgan fingerprint density at radius 1 is 1.48 bits per heavy atom. The van der Waals surface area contributed by atoms with E-state index in [2.05, 4.69) is 5.32 Å². The molecular formula is C13H15N3O5. The summed E-state index contributed by atoms with van der Waals surface area (Å²) >= 11 is 0. The van der Waals surface area contributed by atoms with Gasteiger partial charge in [0.05, 0.1) is 13.1 Å². The number of rotatable bonds is 5. The Bertz CT molecular complexity index is 575. The monoisotopic (exact) mass is 293 g/mol. The molecule has 1 aromatic rings. The molecule has 8 heteroatoms. The fourth-order valence-corrected chi connectivity index (χ4v) is 1.99. The van der Waals surface area contributed by atoms with Crippen LogP contribution >= 0.6 is 0 Å². The molecule has 1 fully saturated rings. The van der Waals surface area contributed by atoms with Crippen LogP contribution in [0.2, 0.25) is 0 Å². The highest BCUT2D eigenvalue weighted by molar-refractivity contribution is 5.90. The van der Waals surface area contributed by atoms with Crippen LogP contribution in [0.4, 0.5) is 4.79 Å². The largest absolute Gasteiger partial charge is 0.508 e. The second-order valence-corrected chi connectivity index (χ2v) is 4.57. The van der Waals surface area contributed by atoms with E-state index in [1.54, 1.807) is 12.1 Å². The number of nitrogens with one attached hydrogen (secondary N) is 1. The number of carbonyl (C=O) groups is 3. The molecule has 0 unspecified atom stereocenters. The maximum Gasteiger partial charge on any atom is 0.410 e. The van der Waals surface area contributed by atoms with Gasteiger partial charge < -0.3 is 20.9 Å².